The summed E-state index contributed by atoms with van der Waals surface area (Å²) in [5, 5.41) is 1.84. The number of aromatic nitrogens is 1. The third-order valence-corrected chi connectivity index (χ3v) is 4.22. The molecule has 3 aromatic rings. The summed E-state index contributed by atoms with van der Waals surface area (Å²) in [6, 6.07) is 12.9. The molecule has 0 aliphatic carbocycles. The summed E-state index contributed by atoms with van der Waals surface area (Å²) in [6.07, 6.45) is 7.46. The van der Waals surface area contributed by atoms with Gasteiger partial charge in [-0.25, -0.2) is 4.79 Å². The van der Waals surface area contributed by atoms with Crippen LogP contribution in [-0.4, -0.2) is 17.6 Å². The van der Waals surface area contributed by atoms with E-state index in [1.54, 1.807) is 24.5 Å². The van der Waals surface area contributed by atoms with Crippen LogP contribution in [-0.2, 0) is 0 Å². The molecular weight excluding hydrogens is 334 g/mol. The summed E-state index contributed by atoms with van der Waals surface area (Å²) in [6.45, 7) is 2.38. The molecule has 5 heteroatoms. The quantitative estimate of drug-likeness (QED) is 0.467. The molecule has 0 aliphatic heterocycles. The number of carbonyl (C=O) groups excluding carboxylic acids is 1. The summed E-state index contributed by atoms with van der Waals surface area (Å²) < 4.78 is 11.1. The van der Waals surface area contributed by atoms with Gasteiger partial charge in [-0.2, -0.15) is 0 Å². The average molecular weight is 351 g/mol. The van der Waals surface area contributed by atoms with Crippen LogP contribution in [0.25, 0.3) is 12.2 Å². The van der Waals surface area contributed by atoms with E-state index in [-0.39, 0.29) is 5.97 Å². The summed E-state index contributed by atoms with van der Waals surface area (Å²) >= 11 is 1.35. The van der Waals surface area contributed by atoms with Gasteiger partial charge in [0.05, 0.1) is 6.61 Å². The minimum absolute atomic E-state index is 0.379. The van der Waals surface area contributed by atoms with Gasteiger partial charge in [-0.3, -0.25) is 4.98 Å². The number of hydrogen-bond donors (Lipinski definition) is 0. The molecule has 2 aromatic heterocycles. The first-order valence-electron chi connectivity index (χ1n) is 7.87. The lowest BCUT2D eigenvalue weighted by molar-refractivity contribution is 0.0733. The number of rotatable bonds is 6. The molecule has 126 valence electrons. The second kappa shape index (κ2) is 8.26. The molecule has 0 aliphatic rings. The van der Waals surface area contributed by atoms with Crippen molar-refractivity contribution in [1.82, 2.24) is 4.98 Å². The molecule has 0 unspecified atom stereocenters. The van der Waals surface area contributed by atoms with Crippen molar-refractivity contribution in [2.75, 3.05) is 6.61 Å². The normalized spacial score (nSPS) is 10.8. The van der Waals surface area contributed by atoms with E-state index in [2.05, 4.69) is 4.98 Å². The Morgan fingerprint density at radius 1 is 1.08 bits per heavy atom. The number of ether oxygens (including phenoxy) is 2. The maximum atomic E-state index is 12.1. The molecule has 0 atom stereocenters. The Morgan fingerprint density at radius 2 is 1.88 bits per heavy atom. The smallest absolute Gasteiger partial charge is 0.353 e. The Kier molecular flexibility index (Phi) is 5.59. The van der Waals surface area contributed by atoms with Gasteiger partial charge in [-0.05, 0) is 53.8 Å². The van der Waals surface area contributed by atoms with Gasteiger partial charge in [0.2, 0.25) is 0 Å². The van der Waals surface area contributed by atoms with Crippen LogP contribution < -0.4 is 9.47 Å². The topological polar surface area (TPSA) is 48.4 Å². The van der Waals surface area contributed by atoms with Crippen molar-refractivity contribution in [3.63, 3.8) is 0 Å². The molecule has 0 spiro atoms. The van der Waals surface area contributed by atoms with E-state index in [0.29, 0.717) is 23.0 Å². The van der Waals surface area contributed by atoms with Crippen molar-refractivity contribution < 1.29 is 14.3 Å². The summed E-state index contributed by atoms with van der Waals surface area (Å²) in [5.74, 6) is 0.585. The van der Waals surface area contributed by atoms with Gasteiger partial charge in [-0.1, -0.05) is 24.3 Å². The molecule has 0 N–H and O–H groups in total. The second-order valence-electron chi connectivity index (χ2n) is 5.12. The van der Waals surface area contributed by atoms with Crippen LogP contribution in [0.15, 0.2) is 60.2 Å². The average Bonchev–Trinajstić information content (AvgIpc) is 3.18. The monoisotopic (exact) mass is 351 g/mol. The van der Waals surface area contributed by atoms with Crippen LogP contribution in [0, 0.1) is 0 Å². The molecule has 0 radical (unpaired) electrons. The van der Waals surface area contributed by atoms with Crippen molar-refractivity contribution in [2.24, 2.45) is 0 Å². The first-order valence-corrected chi connectivity index (χ1v) is 8.75. The van der Waals surface area contributed by atoms with Crippen LogP contribution in [0.2, 0.25) is 0 Å². The Morgan fingerprint density at radius 3 is 2.60 bits per heavy atom. The Balaban J connectivity index is 1.80. The lowest BCUT2D eigenvalue weighted by Crippen LogP contribution is -2.08. The number of hydrogen-bond acceptors (Lipinski definition) is 5. The van der Waals surface area contributed by atoms with E-state index in [1.165, 1.54) is 11.3 Å². The molecule has 25 heavy (non-hydrogen) atoms. The standard InChI is InChI=1S/C20H17NO3S/c1-2-23-18-14-16(6-5-15-9-11-21-12-10-15)7-8-17(18)24-20(22)19-4-3-13-25-19/h3-14H,2H2,1H3/b6-5+. The lowest BCUT2D eigenvalue weighted by Gasteiger charge is -2.11. The Hall–Kier alpha value is -2.92. The zero-order valence-corrected chi connectivity index (χ0v) is 14.5. The van der Waals surface area contributed by atoms with Gasteiger partial charge in [0, 0.05) is 12.4 Å². The number of pyridine rings is 1. The van der Waals surface area contributed by atoms with Crippen molar-refractivity contribution in [2.45, 2.75) is 6.92 Å². The number of carbonyl (C=O) groups is 1. The maximum Gasteiger partial charge on any atom is 0.353 e. The van der Waals surface area contributed by atoms with Crippen molar-refractivity contribution in [1.29, 1.82) is 0 Å². The summed E-state index contributed by atoms with van der Waals surface area (Å²) in [4.78, 5) is 16.7. The van der Waals surface area contributed by atoms with Crippen LogP contribution in [0.5, 0.6) is 11.5 Å². The zero-order chi connectivity index (χ0) is 17.5. The molecule has 3 rings (SSSR count). The van der Waals surface area contributed by atoms with Gasteiger partial charge >= 0.3 is 5.97 Å². The highest BCUT2D eigenvalue weighted by atomic mass is 32.1. The van der Waals surface area contributed by atoms with Gasteiger partial charge in [0.1, 0.15) is 4.88 Å². The van der Waals surface area contributed by atoms with Gasteiger partial charge < -0.3 is 9.47 Å². The van der Waals surface area contributed by atoms with E-state index >= 15 is 0 Å². The lowest BCUT2D eigenvalue weighted by atomic mass is 10.1. The molecule has 0 fully saturated rings. The molecule has 0 bridgehead atoms. The maximum absolute atomic E-state index is 12.1. The van der Waals surface area contributed by atoms with E-state index in [0.717, 1.165) is 11.1 Å². The number of nitrogens with zero attached hydrogens (tertiary/aromatic N) is 1. The predicted molar refractivity (Wildman–Crippen MR) is 100 cm³/mol. The fourth-order valence-corrected chi connectivity index (χ4v) is 2.79. The highest BCUT2D eigenvalue weighted by Gasteiger charge is 2.13. The molecule has 4 nitrogen and oxygen atoms in total. The van der Waals surface area contributed by atoms with E-state index in [9.17, 15) is 4.79 Å². The highest BCUT2D eigenvalue weighted by Crippen LogP contribution is 2.30. The third-order valence-electron chi connectivity index (χ3n) is 3.37. The largest absolute Gasteiger partial charge is 0.490 e. The molecule has 0 saturated carbocycles. The van der Waals surface area contributed by atoms with Gasteiger partial charge in [0.25, 0.3) is 0 Å². The molecule has 0 saturated heterocycles. The number of esters is 1. The Bertz CT molecular complexity index is 858. The third kappa shape index (κ3) is 4.55. The van der Waals surface area contributed by atoms with Crippen LogP contribution >= 0.6 is 11.3 Å². The van der Waals surface area contributed by atoms with Crippen LogP contribution in [0.3, 0.4) is 0 Å². The van der Waals surface area contributed by atoms with Crippen LogP contribution in [0.1, 0.15) is 27.7 Å². The summed E-state index contributed by atoms with van der Waals surface area (Å²) in [5.41, 5.74) is 2.01. The second-order valence-corrected chi connectivity index (χ2v) is 6.07. The SMILES string of the molecule is CCOc1cc(/C=C/c2ccncc2)ccc1OC(=O)c1cccs1. The first kappa shape index (κ1) is 16.9. The van der Waals surface area contributed by atoms with Crippen LogP contribution in [0.4, 0.5) is 0 Å². The molecule has 1 aromatic carbocycles. The molecule has 0 amide bonds. The fourth-order valence-electron chi connectivity index (χ4n) is 2.19. The minimum Gasteiger partial charge on any atom is -0.490 e. The van der Waals surface area contributed by atoms with E-state index in [4.69, 9.17) is 9.47 Å². The number of thiophene rings is 1. The first-order chi connectivity index (χ1) is 12.3. The minimum atomic E-state index is -0.379. The van der Waals surface area contributed by atoms with E-state index in [1.807, 2.05) is 54.8 Å². The predicted octanol–water partition coefficient (Wildman–Crippen LogP) is 4.93. The fraction of sp³-hybridized carbons (Fsp3) is 0.100. The summed E-state index contributed by atoms with van der Waals surface area (Å²) in [7, 11) is 0. The Labute approximate surface area is 150 Å². The van der Waals surface area contributed by atoms with Crippen molar-refractivity contribution in [3.05, 3.63) is 76.2 Å². The van der Waals surface area contributed by atoms with Gasteiger partial charge in [0.15, 0.2) is 11.5 Å². The highest BCUT2D eigenvalue weighted by molar-refractivity contribution is 7.12. The van der Waals surface area contributed by atoms with Gasteiger partial charge in [-0.15, -0.1) is 11.3 Å². The molecular formula is C20H17NO3S. The molecule has 2 heterocycles. The van der Waals surface area contributed by atoms with E-state index < -0.39 is 0 Å². The zero-order valence-electron chi connectivity index (χ0n) is 13.7. The van der Waals surface area contributed by atoms with Crippen molar-refractivity contribution >= 4 is 29.5 Å². The number of benzene rings is 1. The van der Waals surface area contributed by atoms with Crippen molar-refractivity contribution in [3.8, 4) is 11.5 Å².